The molecule has 0 saturated heterocycles. The van der Waals surface area contributed by atoms with Gasteiger partial charge in [0.25, 0.3) is 5.91 Å². The summed E-state index contributed by atoms with van der Waals surface area (Å²) in [5.41, 5.74) is 0.402. The van der Waals surface area contributed by atoms with Crippen LogP contribution >= 0.6 is 0 Å². The Morgan fingerprint density at radius 3 is 2.48 bits per heavy atom. The lowest BCUT2D eigenvalue weighted by Crippen LogP contribution is -2.50. The Morgan fingerprint density at radius 2 is 1.91 bits per heavy atom. The van der Waals surface area contributed by atoms with Crippen molar-refractivity contribution in [3.05, 3.63) is 29.8 Å². The molecule has 23 heavy (non-hydrogen) atoms. The highest BCUT2D eigenvalue weighted by Gasteiger charge is 2.34. The number of benzene rings is 1. The number of hydrogen-bond acceptors (Lipinski definition) is 6. The van der Waals surface area contributed by atoms with Crippen LogP contribution in [0.1, 0.15) is 17.3 Å². The molecule has 1 aromatic rings. The first-order valence-corrected chi connectivity index (χ1v) is 7.05. The minimum atomic E-state index is -0.895. The summed E-state index contributed by atoms with van der Waals surface area (Å²) in [6, 6.07) is 5.80. The molecule has 0 saturated carbocycles. The van der Waals surface area contributed by atoms with Crippen molar-refractivity contribution in [3.63, 3.8) is 0 Å². The molecular formula is C16H23NO6. The Bertz CT molecular complexity index is 533. The third-order valence-electron chi connectivity index (χ3n) is 3.39. The zero-order valence-electron chi connectivity index (χ0n) is 14.1. The molecule has 1 amide bonds. The number of amides is 1. The van der Waals surface area contributed by atoms with E-state index in [0.717, 1.165) is 0 Å². The first-order valence-electron chi connectivity index (χ1n) is 7.05. The Kier molecular flexibility index (Phi) is 7.50. The molecule has 2 atom stereocenters. The molecule has 0 aliphatic rings. The van der Waals surface area contributed by atoms with E-state index in [0.29, 0.717) is 11.3 Å². The average Bonchev–Trinajstić information content (AvgIpc) is 2.58. The zero-order chi connectivity index (χ0) is 17.4. The van der Waals surface area contributed by atoms with Crippen LogP contribution in [0.2, 0.25) is 0 Å². The lowest BCUT2D eigenvalue weighted by atomic mass is 10.1. The van der Waals surface area contributed by atoms with Crippen LogP contribution in [0.25, 0.3) is 0 Å². The fourth-order valence-corrected chi connectivity index (χ4v) is 2.14. The average molecular weight is 325 g/mol. The molecule has 1 aromatic carbocycles. The summed E-state index contributed by atoms with van der Waals surface area (Å²) in [5, 5.41) is 0. The minimum Gasteiger partial charge on any atom is -0.497 e. The molecule has 0 spiro atoms. The predicted molar refractivity (Wildman–Crippen MR) is 83.3 cm³/mol. The third-order valence-corrected chi connectivity index (χ3v) is 3.39. The molecule has 7 heteroatoms. The number of methoxy groups -OCH3 is 3. The van der Waals surface area contributed by atoms with Gasteiger partial charge in [-0.3, -0.25) is 4.79 Å². The number of nitrogens with zero attached hydrogens (tertiary/aromatic N) is 1. The highest BCUT2D eigenvalue weighted by Crippen LogP contribution is 2.17. The molecule has 0 fully saturated rings. The van der Waals surface area contributed by atoms with Crippen molar-refractivity contribution in [1.29, 1.82) is 0 Å². The minimum absolute atomic E-state index is 0.00977. The second-order valence-corrected chi connectivity index (χ2v) is 4.89. The number of rotatable bonds is 8. The van der Waals surface area contributed by atoms with E-state index in [1.165, 1.54) is 33.3 Å². The summed E-state index contributed by atoms with van der Waals surface area (Å²) in [5.74, 6) is -0.345. The molecule has 0 aliphatic carbocycles. The van der Waals surface area contributed by atoms with Crippen molar-refractivity contribution in [2.75, 3.05) is 35.2 Å². The Hall–Kier alpha value is -2.12. The van der Waals surface area contributed by atoms with E-state index in [1.54, 1.807) is 31.2 Å². The quantitative estimate of drug-likeness (QED) is 0.530. The summed E-state index contributed by atoms with van der Waals surface area (Å²) in [7, 11) is 5.79. The monoisotopic (exact) mass is 325 g/mol. The number of esters is 1. The van der Waals surface area contributed by atoms with Crippen LogP contribution < -0.4 is 4.74 Å². The fourth-order valence-electron chi connectivity index (χ4n) is 2.14. The van der Waals surface area contributed by atoms with E-state index in [4.69, 9.17) is 18.9 Å². The van der Waals surface area contributed by atoms with E-state index in [2.05, 4.69) is 0 Å². The molecule has 128 valence electrons. The van der Waals surface area contributed by atoms with Gasteiger partial charge in [-0.05, 0) is 25.1 Å². The van der Waals surface area contributed by atoms with Crippen molar-refractivity contribution >= 4 is 11.9 Å². The van der Waals surface area contributed by atoms with Gasteiger partial charge < -0.3 is 23.8 Å². The van der Waals surface area contributed by atoms with Crippen LogP contribution in [0, 0.1) is 0 Å². The summed E-state index contributed by atoms with van der Waals surface area (Å²) in [6.45, 7) is 1.69. The molecule has 7 nitrogen and oxygen atoms in total. The molecule has 1 rings (SSSR count). The van der Waals surface area contributed by atoms with E-state index in [-0.39, 0.29) is 12.7 Å². The largest absolute Gasteiger partial charge is 0.497 e. The van der Waals surface area contributed by atoms with Gasteiger partial charge in [-0.2, -0.15) is 0 Å². The fraction of sp³-hybridized carbons (Fsp3) is 0.500. The van der Waals surface area contributed by atoms with Crippen LogP contribution in [0.5, 0.6) is 5.75 Å². The van der Waals surface area contributed by atoms with Gasteiger partial charge in [-0.1, -0.05) is 6.07 Å². The van der Waals surface area contributed by atoms with Crippen molar-refractivity contribution < 1.29 is 28.5 Å². The van der Waals surface area contributed by atoms with Gasteiger partial charge in [-0.25, -0.2) is 4.79 Å². The molecule has 0 N–H and O–H groups in total. The topological polar surface area (TPSA) is 74.3 Å². The SMILES string of the molecule is COCO[C@@H](C)C(C(=O)OC)N(C)C(=O)c1cccc(OC)c1. The van der Waals surface area contributed by atoms with E-state index in [1.807, 2.05) is 0 Å². The summed E-state index contributed by atoms with van der Waals surface area (Å²) in [6.07, 6.45) is -0.595. The molecule has 0 aliphatic heterocycles. The highest BCUT2D eigenvalue weighted by molar-refractivity contribution is 5.97. The van der Waals surface area contributed by atoms with Gasteiger partial charge in [0.1, 0.15) is 12.5 Å². The molecule has 0 aromatic heterocycles. The zero-order valence-corrected chi connectivity index (χ0v) is 14.1. The van der Waals surface area contributed by atoms with Crippen molar-refractivity contribution in [2.45, 2.75) is 19.1 Å². The van der Waals surface area contributed by atoms with Gasteiger partial charge in [0.05, 0.1) is 20.3 Å². The van der Waals surface area contributed by atoms with Crippen molar-refractivity contribution in [1.82, 2.24) is 4.90 Å². The Morgan fingerprint density at radius 1 is 1.22 bits per heavy atom. The molecule has 0 radical (unpaired) electrons. The number of ether oxygens (including phenoxy) is 4. The number of likely N-dealkylation sites (N-methyl/N-ethyl adjacent to an activating group) is 1. The first-order chi connectivity index (χ1) is 11.0. The molecule has 1 unspecified atom stereocenters. The standard InChI is InChI=1S/C16H23NO6/c1-11(23-10-20-3)14(16(19)22-5)17(2)15(18)12-7-6-8-13(9-12)21-4/h6-9,11,14H,10H2,1-5H3/t11-,14?/m0/s1. The van der Waals surface area contributed by atoms with E-state index in [9.17, 15) is 9.59 Å². The van der Waals surface area contributed by atoms with Crippen LogP contribution in [-0.4, -0.2) is 64.1 Å². The number of hydrogen-bond donors (Lipinski definition) is 0. The molecular weight excluding hydrogens is 302 g/mol. The van der Waals surface area contributed by atoms with Crippen molar-refractivity contribution in [2.24, 2.45) is 0 Å². The maximum atomic E-state index is 12.6. The maximum absolute atomic E-state index is 12.6. The van der Waals surface area contributed by atoms with Gasteiger partial charge in [0.15, 0.2) is 6.04 Å². The van der Waals surface area contributed by atoms with Gasteiger partial charge in [0, 0.05) is 19.7 Å². The van der Waals surface area contributed by atoms with Crippen molar-refractivity contribution in [3.8, 4) is 5.75 Å². The maximum Gasteiger partial charge on any atom is 0.331 e. The Balaban J connectivity index is 3.00. The van der Waals surface area contributed by atoms with Crippen LogP contribution in [0.3, 0.4) is 0 Å². The lowest BCUT2D eigenvalue weighted by molar-refractivity contribution is -0.155. The normalized spacial score (nSPS) is 13.1. The predicted octanol–water partition coefficient (Wildman–Crippen LogP) is 1.32. The van der Waals surface area contributed by atoms with Crippen LogP contribution in [-0.2, 0) is 19.0 Å². The van der Waals surface area contributed by atoms with E-state index >= 15 is 0 Å². The lowest BCUT2D eigenvalue weighted by Gasteiger charge is -2.30. The number of carbonyl (C=O) groups excluding carboxylic acids is 2. The first kappa shape index (κ1) is 18.9. The number of carbonyl (C=O) groups is 2. The second-order valence-electron chi connectivity index (χ2n) is 4.89. The second kappa shape index (κ2) is 9.12. The van der Waals surface area contributed by atoms with Gasteiger partial charge in [-0.15, -0.1) is 0 Å². The van der Waals surface area contributed by atoms with Gasteiger partial charge in [0.2, 0.25) is 0 Å². The van der Waals surface area contributed by atoms with Gasteiger partial charge >= 0.3 is 5.97 Å². The molecule has 0 heterocycles. The summed E-state index contributed by atoms with van der Waals surface area (Å²) in [4.78, 5) is 26.0. The highest BCUT2D eigenvalue weighted by atomic mass is 16.7. The van der Waals surface area contributed by atoms with Crippen LogP contribution in [0.15, 0.2) is 24.3 Å². The summed E-state index contributed by atoms with van der Waals surface area (Å²) < 4.78 is 20.1. The van der Waals surface area contributed by atoms with Crippen LogP contribution in [0.4, 0.5) is 0 Å². The Labute approximate surface area is 136 Å². The van der Waals surface area contributed by atoms with E-state index < -0.39 is 18.1 Å². The summed E-state index contributed by atoms with van der Waals surface area (Å²) >= 11 is 0. The third kappa shape index (κ3) is 4.94. The smallest absolute Gasteiger partial charge is 0.331 e. The molecule has 0 bridgehead atoms.